The minimum absolute atomic E-state index is 0.0834. The number of fused-ring (bicyclic) bond motifs is 3. The molecule has 4 rings (SSSR count). The highest BCUT2D eigenvalue weighted by molar-refractivity contribution is 9.10. The molecule has 1 unspecified atom stereocenters. The van der Waals surface area contributed by atoms with Crippen LogP contribution in [0.25, 0.3) is 0 Å². The second-order valence-electron chi connectivity index (χ2n) is 7.16. The van der Waals surface area contributed by atoms with Crippen molar-refractivity contribution >= 4 is 38.8 Å². The lowest BCUT2D eigenvalue weighted by atomic mass is 9.61. The molecule has 2 aliphatic carbocycles. The summed E-state index contributed by atoms with van der Waals surface area (Å²) < 4.78 is 0.983. The lowest BCUT2D eigenvalue weighted by Gasteiger charge is -2.44. The first-order valence-electron chi connectivity index (χ1n) is 8.32. The summed E-state index contributed by atoms with van der Waals surface area (Å²) in [5.74, 6) is 0.0834. The van der Waals surface area contributed by atoms with E-state index in [2.05, 4.69) is 28.1 Å². The van der Waals surface area contributed by atoms with Crippen LogP contribution in [-0.2, 0) is 16.8 Å². The van der Waals surface area contributed by atoms with Gasteiger partial charge in [0.25, 0.3) is 5.91 Å². The zero-order valence-electron chi connectivity index (χ0n) is 13.9. The Hall–Kier alpha value is -0.850. The van der Waals surface area contributed by atoms with E-state index in [1.54, 1.807) is 4.90 Å². The predicted octanol–water partition coefficient (Wildman–Crippen LogP) is 3.31. The maximum atomic E-state index is 13.4. The fourth-order valence-corrected chi connectivity index (χ4v) is 5.76. The summed E-state index contributed by atoms with van der Waals surface area (Å²) in [7, 11) is 1.83. The van der Waals surface area contributed by atoms with Crippen molar-refractivity contribution < 1.29 is 9.90 Å². The topological polar surface area (TPSA) is 52.9 Å². The molecule has 0 aromatic heterocycles. The Bertz CT molecular complexity index is 743. The number of amides is 1. The van der Waals surface area contributed by atoms with E-state index in [4.69, 9.17) is 4.99 Å². The van der Waals surface area contributed by atoms with Crippen LogP contribution in [-0.4, -0.2) is 40.5 Å². The number of benzene rings is 1. The zero-order chi connectivity index (χ0) is 17.1. The minimum Gasteiger partial charge on any atom is -0.393 e. The SMILES string of the molecule is CSC1=NC2(C(=O)N1C)c1cc(Br)ccc1CC21CCC(O)CC1. The van der Waals surface area contributed by atoms with Crippen LogP contribution in [0.15, 0.2) is 27.7 Å². The van der Waals surface area contributed by atoms with Crippen LogP contribution in [0.3, 0.4) is 0 Å². The van der Waals surface area contributed by atoms with Gasteiger partial charge in [-0.25, -0.2) is 4.99 Å². The first-order chi connectivity index (χ1) is 11.4. The van der Waals surface area contributed by atoms with E-state index in [1.807, 2.05) is 19.4 Å². The monoisotopic (exact) mass is 408 g/mol. The van der Waals surface area contributed by atoms with E-state index in [1.165, 1.54) is 17.3 Å². The lowest BCUT2D eigenvalue weighted by molar-refractivity contribution is -0.137. The number of carbonyl (C=O) groups is 1. The molecule has 1 amide bonds. The van der Waals surface area contributed by atoms with Crippen LogP contribution < -0.4 is 0 Å². The van der Waals surface area contributed by atoms with Gasteiger partial charge in [0.2, 0.25) is 0 Å². The molecule has 0 radical (unpaired) electrons. The van der Waals surface area contributed by atoms with E-state index in [0.29, 0.717) is 0 Å². The molecule has 1 aromatic carbocycles. The summed E-state index contributed by atoms with van der Waals surface area (Å²) in [6.07, 6.45) is 5.76. The van der Waals surface area contributed by atoms with Crippen molar-refractivity contribution in [2.45, 2.75) is 43.7 Å². The normalized spacial score (nSPS) is 35.0. The number of aliphatic hydroxyl groups excluding tert-OH is 1. The van der Waals surface area contributed by atoms with E-state index in [0.717, 1.165) is 47.3 Å². The summed E-state index contributed by atoms with van der Waals surface area (Å²) in [4.78, 5) is 20.2. The van der Waals surface area contributed by atoms with E-state index < -0.39 is 5.54 Å². The smallest absolute Gasteiger partial charge is 0.261 e. The second kappa shape index (κ2) is 5.58. The number of hydrogen-bond acceptors (Lipinski definition) is 4. The van der Waals surface area contributed by atoms with Gasteiger partial charge in [-0.2, -0.15) is 0 Å². The number of hydrogen-bond donors (Lipinski definition) is 1. The van der Waals surface area contributed by atoms with Crippen LogP contribution >= 0.6 is 27.7 Å². The molecule has 1 saturated carbocycles. The molecule has 1 aliphatic heterocycles. The highest BCUT2D eigenvalue weighted by Crippen LogP contribution is 2.62. The first kappa shape index (κ1) is 16.6. The maximum absolute atomic E-state index is 13.4. The molecular formula is C18H21BrN2O2S. The largest absolute Gasteiger partial charge is 0.393 e. The first-order valence-corrected chi connectivity index (χ1v) is 10.3. The molecule has 128 valence electrons. The van der Waals surface area contributed by atoms with Crippen molar-refractivity contribution in [3.63, 3.8) is 0 Å². The van der Waals surface area contributed by atoms with E-state index in [-0.39, 0.29) is 17.4 Å². The van der Waals surface area contributed by atoms with Gasteiger partial charge in [0.05, 0.1) is 6.10 Å². The molecule has 1 aromatic rings. The van der Waals surface area contributed by atoms with Crippen LogP contribution in [0, 0.1) is 5.41 Å². The Morgan fingerprint density at radius 1 is 1.38 bits per heavy atom. The molecule has 4 nitrogen and oxygen atoms in total. The number of likely N-dealkylation sites (N-methyl/N-ethyl adjacent to an activating group) is 1. The number of halogens is 1. The molecule has 3 aliphatic rings. The Morgan fingerprint density at radius 3 is 2.71 bits per heavy atom. The third-order valence-corrected chi connectivity index (χ3v) is 7.24. The molecule has 6 heteroatoms. The summed E-state index contributed by atoms with van der Waals surface area (Å²) in [5, 5.41) is 10.8. The Kier molecular flexibility index (Phi) is 3.86. The highest BCUT2D eigenvalue weighted by atomic mass is 79.9. The van der Waals surface area contributed by atoms with Crippen molar-refractivity contribution in [3.8, 4) is 0 Å². The van der Waals surface area contributed by atoms with Crippen LogP contribution in [0.2, 0.25) is 0 Å². The average Bonchev–Trinajstić information content (AvgIpc) is 2.99. The molecular weight excluding hydrogens is 388 g/mol. The summed E-state index contributed by atoms with van der Waals surface area (Å²) in [5.41, 5.74) is 1.24. The predicted molar refractivity (Wildman–Crippen MR) is 100 cm³/mol. The van der Waals surface area contributed by atoms with Crippen molar-refractivity contribution in [2.75, 3.05) is 13.3 Å². The number of carbonyl (C=O) groups excluding carboxylic acids is 1. The van der Waals surface area contributed by atoms with Gasteiger partial charge < -0.3 is 5.11 Å². The highest BCUT2D eigenvalue weighted by Gasteiger charge is 2.66. The van der Waals surface area contributed by atoms with Gasteiger partial charge in [-0.3, -0.25) is 9.69 Å². The van der Waals surface area contributed by atoms with Crippen molar-refractivity contribution in [3.05, 3.63) is 33.8 Å². The number of rotatable bonds is 0. The number of amidine groups is 1. The van der Waals surface area contributed by atoms with Crippen molar-refractivity contribution in [1.82, 2.24) is 4.90 Å². The van der Waals surface area contributed by atoms with Gasteiger partial charge in [0, 0.05) is 16.9 Å². The summed E-state index contributed by atoms with van der Waals surface area (Å²) >= 11 is 5.09. The minimum atomic E-state index is -0.820. The third kappa shape index (κ3) is 2.02. The molecule has 0 saturated heterocycles. The van der Waals surface area contributed by atoms with E-state index in [9.17, 15) is 9.90 Å². The van der Waals surface area contributed by atoms with Gasteiger partial charge >= 0.3 is 0 Å². The lowest BCUT2D eigenvalue weighted by Crippen LogP contribution is -2.51. The molecule has 0 bridgehead atoms. The van der Waals surface area contributed by atoms with Crippen LogP contribution in [0.5, 0.6) is 0 Å². The fourth-order valence-electron chi connectivity index (χ4n) is 4.81. The van der Waals surface area contributed by atoms with Gasteiger partial charge in [0.1, 0.15) is 0 Å². The standard InChI is InChI=1S/C18H21BrN2O2S/c1-21-15(23)18(20-16(21)24-2)14-9-12(19)4-3-11(14)10-17(18)7-5-13(22)6-8-17/h3-4,9,13,22H,5-8,10H2,1-2H3. The van der Waals surface area contributed by atoms with Gasteiger partial charge in [-0.1, -0.05) is 33.8 Å². The van der Waals surface area contributed by atoms with Gasteiger partial charge in [-0.15, -0.1) is 0 Å². The Labute approximate surface area is 154 Å². The molecule has 24 heavy (non-hydrogen) atoms. The second-order valence-corrected chi connectivity index (χ2v) is 8.85. The molecule has 1 heterocycles. The Balaban J connectivity index is 1.94. The molecule has 1 N–H and O–H groups in total. The van der Waals surface area contributed by atoms with Crippen molar-refractivity contribution in [1.29, 1.82) is 0 Å². The zero-order valence-corrected chi connectivity index (χ0v) is 16.3. The molecule has 1 fully saturated rings. The van der Waals surface area contributed by atoms with Gasteiger partial charge in [0.15, 0.2) is 10.7 Å². The number of nitrogens with zero attached hydrogens (tertiary/aromatic N) is 2. The van der Waals surface area contributed by atoms with E-state index >= 15 is 0 Å². The summed E-state index contributed by atoms with van der Waals surface area (Å²) in [6, 6.07) is 6.25. The average molecular weight is 409 g/mol. The quantitative estimate of drug-likeness (QED) is 0.716. The summed E-state index contributed by atoms with van der Waals surface area (Å²) in [6.45, 7) is 0. The third-order valence-electron chi connectivity index (χ3n) is 6.02. The number of thioether (sulfide) groups is 1. The Morgan fingerprint density at radius 2 is 2.08 bits per heavy atom. The van der Waals surface area contributed by atoms with Crippen LogP contribution in [0.1, 0.15) is 36.8 Å². The van der Waals surface area contributed by atoms with Crippen LogP contribution in [0.4, 0.5) is 0 Å². The van der Waals surface area contributed by atoms with Gasteiger partial charge in [-0.05, 0) is 61.6 Å². The molecule has 2 spiro atoms. The fraction of sp³-hybridized carbons (Fsp3) is 0.556. The van der Waals surface area contributed by atoms with Crippen molar-refractivity contribution in [2.24, 2.45) is 10.4 Å². The number of aliphatic imine (C=N–C) groups is 1. The maximum Gasteiger partial charge on any atom is 0.261 e. The molecule has 1 atom stereocenters. The number of aliphatic hydroxyl groups is 1.